The first-order valence-corrected chi connectivity index (χ1v) is 6.45. The molecule has 94 valence electrons. The van der Waals surface area contributed by atoms with Crippen LogP contribution in [0.2, 0.25) is 0 Å². The topological polar surface area (TPSA) is 106 Å². The number of nitrogens with zero attached hydrogens (tertiary/aromatic N) is 3. The number of aromatic nitrogens is 4. The Bertz CT molecular complexity index is 604. The van der Waals surface area contributed by atoms with E-state index in [9.17, 15) is 0 Å². The zero-order chi connectivity index (χ0) is 12.3. The van der Waals surface area contributed by atoms with Crippen molar-refractivity contribution in [2.24, 2.45) is 17.6 Å². The fourth-order valence-corrected chi connectivity index (χ4v) is 3.76. The highest BCUT2D eigenvalue weighted by molar-refractivity contribution is 5.81. The molecular weight excluding hydrogens is 228 g/mol. The van der Waals surface area contributed by atoms with E-state index < -0.39 is 0 Å². The summed E-state index contributed by atoms with van der Waals surface area (Å²) < 4.78 is 0. The summed E-state index contributed by atoms with van der Waals surface area (Å²) in [4.78, 5) is 16.0. The van der Waals surface area contributed by atoms with E-state index in [1.165, 1.54) is 25.6 Å². The SMILES string of the molecule is Nc1ncnc2nc(C3C4CCC(C4)C3N)[nH]c12. The molecule has 5 N–H and O–H groups in total. The van der Waals surface area contributed by atoms with Crippen molar-refractivity contribution in [1.82, 2.24) is 19.9 Å². The number of hydrogen-bond acceptors (Lipinski definition) is 5. The maximum Gasteiger partial charge on any atom is 0.183 e. The van der Waals surface area contributed by atoms with Crippen LogP contribution in [0.25, 0.3) is 11.2 Å². The van der Waals surface area contributed by atoms with Crippen molar-refractivity contribution >= 4 is 17.0 Å². The van der Waals surface area contributed by atoms with Gasteiger partial charge in [-0.25, -0.2) is 15.0 Å². The summed E-state index contributed by atoms with van der Waals surface area (Å²) >= 11 is 0. The number of rotatable bonds is 1. The molecule has 0 radical (unpaired) electrons. The first-order valence-electron chi connectivity index (χ1n) is 6.45. The van der Waals surface area contributed by atoms with Crippen LogP contribution in [0.1, 0.15) is 31.0 Å². The number of fused-ring (bicyclic) bond motifs is 3. The van der Waals surface area contributed by atoms with Gasteiger partial charge in [0.05, 0.1) is 0 Å². The van der Waals surface area contributed by atoms with E-state index in [2.05, 4.69) is 19.9 Å². The van der Waals surface area contributed by atoms with Crippen LogP contribution in [0, 0.1) is 11.8 Å². The standard InChI is InChI=1S/C12H16N6/c13-8-6-2-1-5(3-6)7(8)11-17-9-10(14)15-4-16-12(9)18-11/h4-8H,1-3,13H2,(H3,14,15,16,17,18). The summed E-state index contributed by atoms with van der Waals surface area (Å²) in [6.45, 7) is 0. The molecule has 0 amide bonds. The minimum atomic E-state index is 0.221. The van der Waals surface area contributed by atoms with Crippen LogP contribution in [0.4, 0.5) is 5.82 Å². The molecule has 6 heteroatoms. The van der Waals surface area contributed by atoms with Crippen LogP contribution in [0.5, 0.6) is 0 Å². The number of H-pyrrole nitrogens is 1. The Hall–Kier alpha value is -1.69. The van der Waals surface area contributed by atoms with Crippen molar-refractivity contribution in [2.45, 2.75) is 31.2 Å². The van der Waals surface area contributed by atoms with Gasteiger partial charge in [0.25, 0.3) is 0 Å². The van der Waals surface area contributed by atoms with Gasteiger partial charge in [-0.3, -0.25) is 0 Å². The monoisotopic (exact) mass is 244 g/mol. The van der Waals surface area contributed by atoms with E-state index in [0.717, 1.165) is 11.3 Å². The lowest BCUT2D eigenvalue weighted by Crippen LogP contribution is -2.34. The van der Waals surface area contributed by atoms with E-state index >= 15 is 0 Å². The molecule has 4 atom stereocenters. The zero-order valence-corrected chi connectivity index (χ0v) is 10.0. The molecule has 6 nitrogen and oxygen atoms in total. The molecule has 0 spiro atoms. The highest BCUT2D eigenvalue weighted by Crippen LogP contribution is 2.51. The molecule has 2 aliphatic carbocycles. The maximum atomic E-state index is 6.33. The number of anilines is 1. The maximum absolute atomic E-state index is 6.33. The number of nitrogens with two attached hydrogens (primary N) is 2. The Balaban J connectivity index is 1.81. The molecule has 2 bridgehead atoms. The van der Waals surface area contributed by atoms with Crippen LogP contribution in [-0.2, 0) is 0 Å². The molecule has 2 fully saturated rings. The largest absolute Gasteiger partial charge is 0.382 e. The Morgan fingerprint density at radius 2 is 2.06 bits per heavy atom. The van der Waals surface area contributed by atoms with E-state index in [1.807, 2.05) is 0 Å². The second-order valence-corrected chi connectivity index (χ2v) is 5.52. The molecule has 0 aromatic carbocycles. The van der Waals surface area contributed by atoms with Gasteiger partial charge < -0.3 is 16.5 Å². The van der Waals surface area contributed by atoms with Gasteiger partial charge in [-0.1, -0.05) is 0 Å². The summed E-state index contributed by atoms with van der Waals surface area (Å²) in [5, 5.41) is 0. The first-order chi connectivity index (χ1) is 8.74. The second kappa shape index (κ2) is 3.41. The number of aromatic amines is 1. The molecule has 4 rings (SSSR count). The summed E-state index contributed by atoms with van der Waals surface area (Å²) in [5.41, 5.74) is 13.5. The predicted octanol–water partition coefficient (Wildman–Crippen LogP) is 0.776. The third-order valence-electron chi connectivity index (χ3n) is 4.63. The molecule has 4 unspecified atom stereocenters. The minimum absolute atomic E-state index is 0.221. The average molecular weight is 244 g/mol. The summed E-state index contributed by atoms with van der Waals surface area (Å²) in [7, 11) is 0. The summed E-state index contributed by atoms with van der Waals surface area (Å²) in [6.07, 6.45) is 5.22. The van der Waals surface area contributed by atoms with Crippen LogP contribution < -0.4 is 11.5 Å². The van der Waals surface area contributed by atoms with Crippen molar-refractivity contribution in [3.63, 3.8) is 0 Å². The Morgan fingerprint density at radius 1 is 1.22 bits per heavy atom. The second-order valence-electron chi connectivity index (χ2n) is 5.52. The normalized spacial score (nSPS) is 34.5. The molecule has 0 saturated heterocycles. The molecule has 2 saturated carbocycles. The summed E-state index contributed by atoms with van der Waals surface area (Å²) in [5.74, 6) is 3.06. The van der Waals surface area contributed by atoms with Gasteiger partial charge in [-0.2, -0.15) is 0 Å². The predicted molar refractivity (Wildman–Crippen MR) is 67.6 cm³/mol. The smallest absolute Gasteiger partial charge is 0.183 e. The van der Waals surface area contributed by atoms with Gasteiger partial charge in [0, 0.05) is 12.0 Å². The quantitative estimate of drug-likeness (QED) is 0.687. The van der Waals surface area contributed by atoms with E-state index in [-0.39, 0.29) is 6.04 Å². The average Bonchev–Trinajstić information content (AvgIpc) is 3.01. The van der Waals surface area contributed by atoms with Gasteiger partial charge >= 0.3 is 0 Å². The van der Waals surface area contributed by atoms with Crippen molar-refractivity contribution in [2.75, 3.05) is 5.73 Å². The fraction of sp³-hybridized carbons (Fsp3) is 0.583. The molecule has 2 heterocycles. The van der Waals surface area contributed by atoms with Crippen LogP contribution in [-0.4, -0.2) is 26.0 Å². The number of hydrogen-bond donors (Lipinski definition) is 3. The number of nitrogen functional groups attached to an aromatic ring is 1. The Morgan fingerprint density at radius 3 is 2.78 bits per heavy atom. The molecule has 0 aliphatic heterocycles. The van der Waals surface area contributed by atoms with Crippen molar-refractivity contribution in [3.8, 4) is 0 Å². The van der Waals surface area contributed by atoms with Gasteiger partial charge in [-0.15, -0.1) is 0 Å². The zero-order valence-electron chi connectivity index (χ0n) is 10.0. The minimum Gasteiger partial charge on any atom is -0.382 e. The summed E-state index contributed by atoms with van der Waals surface area (Å²) in [6, 6.07) is 0.221. The Kier molecular flexibility index (Phi) is 1.94. The Labute approximate surface area is 104 Å². The lowest BCUT2D eigenvalue weighted by Gasteiger charge is -2.26. The third-order valence-corrected chi connectivity index (χ3v) is 4.63. The highest BCUT2D eigenvalue weighted by Gasteiger charge is 2.47. The third kappa shape index (κ3) is 1.23. The van der Waals surface area contributed by atoms with Gasteiger partial charge in [0.2, 0.25) is 0 Å². The van der Waals surface area contributed by atoms with Crippen molar-refractivity contribution < 1.29 is 0 Å². The van der Waals surface area contributed by atoms with Crippen LogP contribution >= 0.6 is 0 Å². The molecule has 2 aromatic heterocycles. The number of imidazole rings is 1. The van der Waals surface area contributed by atoms with Crippen molar-refractivity contribution in [3.05, 3.63) is 12.2 Å². The van der Waals surface area contributed by atoms with Gasteiger partial charge in [-0.05, 0) is 31.1 Å². The van der Waals surface area contributed by atoms with Crippen LogP contribution in [0.3, 0.4) is 0 Å². The molecule has 18 heavy (non-hydrogen) atoms. The molecular formula is C12H16N6. The molecule has 2 aromatic rings. The first kappa shape index (κ1) is 10.3. The van der Waals surface area contributed by atoms with E-state index in [4.69, 9.17) is 11.5 Å². The van der Waals surface area contributed by atoms with Gasteiger partial charge in [0.15, 0.2) is 11.5 Å². The van der Waals surface area contributed by atoms with E-state index in [0.29, 0.717) is 29.2 Å². The number of nitrogens with one attached hydrogen (secondary N) is 1. The fourth-order valence-electron chi connectivity index (χ4n) is 3.76. The van der Waals surface area contributed by atoms with Crippen molar-refractivity contribution in [1.29, 1.82) is 0 Å². The lowest BCUT2D eigenvalue weighted by atomic mass is 9.84. The van der Waals surface area contributed by atoms with Gasteiger partial charge in [0.1, 0.15) is 17.7 Å². The highest BCUT2D eigenvalue weighted by atomic mass is 15.1. The molecule has 2 aliphatic rings. The van der Waals surface area contributed by atoms with Crippen LogP contribution in [0.15, 0.2) is 6.33 Å². The van der Waals surface area contributed by atoms with E-state index in [1.54, 1.807) is 0 Å². The lowest BCUT2D eigenvalue weighted by molar-refractivity contribution is 0.356.